The summed E-state index contributed by atoms with van der Waals surface area (Å²) in [6.45, 7) is 0.165. The van der Waals surface area contributed by atoms with E-state index in [1.54, 1.807) is 52.9 Å². The van der Waals surface area contributed by atoms with Gasteiger partial charge in [0, 0.05) is 17.7 Å². The largest absolute Gasteiger partial charge is 0.343 e. The van der Waals surface area contributed by atoms with Crippen molar-refractivity contribution in [3.8, 4) is 0 Å². The van der Waals surface area contributed by atoms with Crippen LogP contribution < -0.4 is 5.32 Å². The third-order valence-electron chi connectivity index (χ3n) is 6.02. The van der Waals surface area contributed by atoms with E-state index in [9.17, 15) is 19.2 Å². The third-order valence-corrected chi connectivity index (χ3v) is 6.81. The summed E-state index contributed by atoms with van der Waals surface area (Å²) >= 11 is 1.44. The molecule has 0 radical (unpaired) electrons. The molecule has 162 valence electrons. The molecule has 9 heteroatoms. The molecular weight excluding hydrogens is 428 g/mol. The molecule has 0 saturated carbocycles. The highest BCUT2D eigenvalue weighted by atomic mass is 32.1. The van der Waals surface area contributed by atoms with Gasteiger partial charge in [0.15, 0.2) is 5.78 Å². The molecule has 3 amide bonds. The zero-order chi connectivity index (χ0) is 22.2. The van der Waals surface area contributed by atoms with Gasteiger partial charge in [-0.3, -0.25) is 19.2 Å². The highest BCUT2D eigenvalue weighted by molar-refractivity contribution is 7.16. The first-order valence-electron chi connectivity index (χ1n) is 10.3. The summed E-state index contributed by atoms with van der Waals surface area (Å²) in [5.41, 5.74) is 3.51. The van der Waals surface area contributed by atoms with E-state index in [0.29, 0.717) is 24.1 Å². The molecule has 3 aromatic rings. The SMILES string of the molecule is O=C(NCC(=O)N1CC[C@@H]2[C@H]1C(=O)CN2C(=O)c1ccccc1)c1ccc2ncsc2c1. The Morgan fingerprint density at radius 3 is 2.69 bits per heavy atom. The van der Waals surface area contributed by atoms with Gasteiger partial charge in [-0.05, 0) is 36.8 Å². The number of nitrogens with zero attached hydrogens (tertiary/aromatic N) is 3. The van der Waals surface area contributed by atoms with Gasteiger partial charge in [-0.25, -0.2) is 4.98 Å². The normalized spacial score (nSPS) is 19.9. The lowest BCUT2D eigenvalue weighted by Gasteiger charge is -2.24. The lowest BCUT2D eigenvalue weighted by atomic mass is 10.1. The van der Waals surface area contributed by atoms with Gasteiger partial charge in [0.1, 0.15) is 6.04 Å². The van der Waals surface area contributed by atoms with Crippen LogP contribution in [0.1, 0.15) is 27.1 Å². The molecule has 2 saturated heterocycles. The predicted octanol–water partition coefficient (Wildman–Crippen LogP) is 1.72. The smallest absolute Gasteiger partial charge is 0.254 e. The number of carbonyl (C=O) groups excluding carboxylic acids is 4. The van der Waals surface area contributed by atoms with E-state index in [4.69, 9.17) is 0 Å². The maximum atomic E-state index is 12.9. The molecule has 0 aliphatic carbocycles. The lowest BCUT2D eigenvalue weighted by molar-refractivity contribution is -0.135. The molecule has 0 spiro atoms. The molecule has 32 heavy (non-hydrogen) atoms. The minimum Gasteiger partial charge on any atom is -0.343 e. The average molecular weight is 449 g/mol. The molecule has 1 N–H and O–H groups in total. The number of hydrogen-bond acceptors (Lipinski definition) is 6. The molecule has 0 bridgehead atoms. The number of ketones is 1. The second-order valence-corrected chi connectivity index (χ2v) is 8.76. The number of likely N-dealkylation sites (tertiary alicyclic amines) is 2. The Kier molecular flexibility index (Phi) is 5.18. The number of thiazole rings is 1. The molecule has 2 aliphatic heterocycles. The van der Waals surface area contributed by atoms with E-state index < -0.39 is 6.04 Å². The Morgan fingerprint density at radius 1 is 1.06 bits per heavy atom. The Balaban J connectivity index is 1.24. The Labute approximate surface area is 187 Å². The van der Waals surface area contributed by atoms with Crippen molar-refractivity contribution in [2.24, 2.45) is 0 Å². The van der Waals surface area contributed by atoms with Gasteiger partial charge < -0.3 is 15.1 Å². The molecule has 3 heterocycles. The summed E-state index contributed by atoms with van der Waals surface area (Å²) in [5, 5.41) is 2.65. The first kappa shape index (κ1) is 20.3. The maximum Gasteiger partial charge on any atom is 0.254 e. The van der Waals surface area contributed by atoms with Crippen molar-refractivity contribution in [3.05, 3.63) is 65.2 Å². The number of rotatable bonds is 4. The van der Waals surface area contributed by atoms with E-state index in [0.717, 1.165) is 10.2 Å². The fourth-order valence-electron chi connectivity index (χ4n) is 4.47. The molecule has 2 aliphatic rings. The molecule has 8 nitrogen and oxygen atoms in total. The van der Waals surface area contributed by atoms with Crippen LogP contribution in [0.2, 0.25) is 0 Å². The molecule has 2 aromatic carbocycles. The fraction of sp³-hybridized carbons (Fsp3) is 0.261. The zero-order valence-corrected chi connectivity index (χ0v) is 17.9. The molecule has 2 atom stereocenters. The van der Waals surface area contributed by atoms with Gasteiger partial charge in [0.2, 0.25) is 5.91 Å². The van der Waals surface area contributed by atoms with E-state index in [2.05, 4.69) is 10.3 Å². The van der Waals surface area contributed by atoms with E-state index in [1.165, 1.54) is 16.2 Å². The minimum absolute atomic E-state index is 0.00589. The zero-order valence-electron chi connectivity index (χ0n) is 17.1. The van der Waals surface area contributed by atoms with Crippen molar-refractivity contribution < 1.29 is 19.2 Å². The second kappa shape index (κ2) is 8.16. The van der Waals surface area contributed by atoms with E-state index in [-0.39, 0.29) is 42.6 Å². The van der Waals surface area contributed by atoms with Crippen LogP contribution in [0.4, 0.5) is 0 Å². The fourth-order valence-corrected chi connectivity index (χ4v) is 5.19. The van der Waals surface area contributed by atoms with Crippen LogP contribution >= 0.6 is 11.3 Å². The predicted molar refractivity (Wildman–Crippen MR) is 118 cm³/mol. The lowest BCUT2D eigenvalue weighted by Crippen LogP contribution is -2.47. The number of fused-ring (bicyclic) bond motifs is 2. The van der Waals surface area contributed by atoms with Crippen LogP contribution in [0.5, 0.6) is 0 Å². The molecule has 1 aromatic heterocycles. The first-order valence-corrected chi connectivity index (χ1v) is 11.2. The number of benzene rings is 2. The van der Waals surface area contributed by atoms with Crippen LogP contribution in [0.25, 0.3) is 10.2 Å². The molecule has 0 unspecified atom stereocenters. The Morgan fingerprint density at radius 2 is 1.88 bits per heavy atom. The van der Waals surface area contributed by atoms with Crippen LogP contribution in [-0.4, -0.2) is 70.0 Å². The van der Waals surface area contributed by atoms with Gasteiger partial charge in [-0.1, -0.05) is 18.2 Å². The van der Waals surface area contributed by atoms with Crippen LogP contribution in [0.3, 0.4) is 0 Å². The van der Waals surface area contributed by atoms with Crippen molar-refractivity contribution in [1.82, 2.24) is 20.1 Å². The number of hydrogen-bond donors (Lipinski definition) is 1. The standard InChI is InChI=1S/C23H20N4O4S/c28-18-12-27(23(31)14-4-2-1-3-5-14)17-8-9-26(21(17)18)20(29)11-24-22(30)15-6-7-16-19(10-15)32-13-25-16/h1-7,10,13,17,21H,8-9,11-12H2,(H,24,30)/t17-,21+/m1/s1. The van der Waals surface area contributed by atoms with Crippen LogP contribution in [0.15, 0.2) is 54.0 Å². The minimum atomic E-state index is -0.652. The van der Waals surface area contributed by atoms with Crippen molar-refractivity contribution in [1.29, 1.82) is 0 Å². The summed E-state index contributed by atoms with van der Waals surface area (Å²) < 4.78 is 0.895. The monoisotopic (exact) mass is 448 g/mol. The van der Waals surface area contributed by atoms with Gasteiger partial charge in [-0.15, -0.1) is 11.3 Å². The van der Waals surface area contributed by atoms with E-state index >= 15 is 0 Å². The van der Waals surface area contributed by atoms with Crippen LogP contribution in [0, 0.1) is 0 Å². The summed E-state index contributed by atoms with van der Waals surface area (Å²) in [6.07, 6.45) is 0.538. The van der Waals surface area contributed by atoms with Gasteiger partial charge >= 0.3 is 0 Å². The van der Waals surface area contributed by atoms with Crippen molar-refractivity contribution in [2.45, 2.75) is 18.5 Å². The molecule has 5 rings (SSSR count). The topological polar surface area (TPSA) is 99.7 Å². The van der Waals surface area contributed by atoms with Crippen LogP contribution in [-0.2, 0) is 9.59 Å². The maximum absolute atomic E-state index is 12.9. The summed E-state index contributed by atoms with van der Waals surface area (Å²) in [6, 6.07) is 13.0. The van der Waals surface area contributed by atoms with Gasteiger partial charge in [-0.2, -0.15) is 0 Å². The van der Waals surface area contributed by atoms with Gasteiger partial charge in [0.25, 0.3) is 11.8 Å². The summed E-state index contributed by atoms with van der Waals surface area (Å²) in [5.74, 6) is -1.03. The first-order chi connectivity index (χ1) is 15.5. The second-order valence-electron chi connectivity index (χ2n) is 7.87. The molecular formula is C23H20N4O4S. The third kappa shape index (κ3) is 3.54. The van der Waals surface area contributed by atoms with Crippen molar-refractivity contribution in [2.75, 3.05) is 19.6 Å². The Bertz CT molecular complexity index is 1220. The number of aromatic nitrogens is 1. The summed E-state index contributed by atoms with van der Waals surface area (Å²) in [4.78, 5) is 58.2. The number of nitrogens with one attached hydrogen (secondary N) is 1. The van der Waals surface area contributed by atoms with Crippen molar-refractivity contribution >= 4 is 45.1 Å². The molecule has 2 fully saturated rings. The quantitative estimate of drug-likeness (QED) is 0.655. The highest BCUT2D eigenvalue weighted by Gasteiger charge is 2.51. The van der Waals surface area contributed by atoms with Crippen molar-refractivity contribution in [3.63, 3.8) is 0 Å². The number of amides is 3. The number of Topliss-reactive ketones (excluding diaryl/α,β-unsaturated/α-hetero) is 1. The highest BCUT2D eigenvalue weighted by Crippen LogP contribution is 2.30. The summed E-state index contributed by atoms with van der Waals surface area (Å²) in [7, 11) is 0. The van der Waals surface area contributed by atoms with E-state index in [1.807, 2.05) is 6.07 Å². The number of carbonyl (C=O) groups is 4. The Hall–Kier alpha value is -3.59. The average Bonchev–Trinajstić information content (AvgIpc) is 3.53. The van der Waals surface area contributed by atoms with Gasteiger partial charge in [0.05, 0.1) is 34.9 Å².